The van der Waals surface area contributed by atoms with Gasteiger partial charge in [-0.05, 0) is 36.5 Å². The lowest BCUT2D eigenvalue weighted by atomic mass is 10.2. The van der Waals surface area contributed by atoms with E-state index in [1.165, 1.54) is 24.3 Å². The van der Waals surface area contributed by atoms with Crippen molar-refractivity contribution in [1.29, 1.82) is 0 Å². The molecule has 2 aromatic carbocycles. The van der Waals surface area contributed by atoms with Gasteiger partial charge in [0.1, 0.15) is 0 Å². The number of nitro benzene ring substituents is 1. The Bertz CT molecular complexity index is 889. The summed E-state index contributed by atoms with van der Waals surface area (Å²) in [6.07, 6.45) is 0. The maximum absolute atomic E-state index is 12.2. The molecule has 2 N–H and O–H groups in total. The minimum Gasteiger partial charge on any atom is -0.454 e. The number of thiocarbonyl (C=S) groups is 1. The van der Waals surface area contributed by atoms with Crippen LogP contribution in [0.1, 0.15) is 10.4 Å². The summed E-state index contributed by atoms with van der Waals surface area (Å²) in [7, 11) is 0. The zero-order valence-electron chi connectivity index (χ0n) is 12.4. The summed E-state index contributed by atoms with van der Waals surface area (Å²) in [4.78, 5) is 22.5. The van der Waals surface area contributed by atoms with Gasteiger partial charge in [-0.25, -0.2) is 0 Å². The monoisotopic (exact) mass is 379 g/mol. The molecule has 1 amide bonds. The SMILES string of the molecule is O=C(NC(=S)Nc1cc([N+](=O)[O-])ccc1Cl)c1ccc2c(c1)OCO2. The molecule has 0 radical (unpaired) electrons. The number of anilines is 1. The second kappa shape index (κ2) is 6.91. The number of carbonyl (C=O) groups excluding carboxylic acids is 1. The van der Waals surface area contributed by atoms with Crippen LogP contribution in [0.3, 0.4) is 0 Å². The fourth-order valence-corrected chi connectivity index (χ4v) is 2.46. The molecule has 0 saturated heterocycles. The number of amides is 1. The Kier molecular flexibility index (Phi) is 4.68. The highest BCUT2D eigenvalue weighted by molar-refractivity contribution is 7.80. The average molecular weight is 380 g/mol. The molecular weight excluding hydrogens is 370 g/mol. The molecule has 3 rings (SSSR count). The van der Waals surface area contributed by atoms with Crippen molar-refractivity contribution in [3.63, 3.8) is 0 Å². The minimum atomic E-state index is -0.560. The van der Waals surface area contributed by atoms with Crippen LogP contribution >= 0.6 is 23.8 Å². The fourth-order valence-electron chi connectivity index (χ4n) is 2.09. The minimum absolute atomic E-state index is 0.0509. The van der Waals surface area contributed by atoms with E-state index >= 15 is 0 Å². The van der Waals surface area contributed by atoms with Crippen LogP contribution in [0.15, 0.2) is 36.4 Å². The summed E-state index contributed by atoms with van der Waals surface area (Å²) in [5, 5.41) is 16.1. The third kappa shape index (κ3) is 3.78. The van der Waals surface area contributed by atoms with E-state index in [0.29, 0.717) is 17.1 Å². The lowest BCUT2D eigenvalue weighted by Gasteiger charge is -2.11. The molecule has 1 aliphatic heterocycles. The third-order valence-corrected chi connectivity index (χ3v) is 3.80. The lowest BCUT2D eigenvalue weighted by Crippen LogP contribution is -2.34. The summed E-state index contributed by atoms with van der Waals surface area (Å²) in [5.41, 5.74) is 0.377. The largest absolute Gasteiger partial charge is 0.454 e. The molecule has 25 heavy (non-hydrogen) atoms. The highest BCUT2D eigenvalue weighted by atomic mass is 35.5. The summed E-state index contributed by atoms with van der Waals surface area (Å²) in [6.45, 7) is 0.103. The summed E-state index contributed by atoms with van der Waals surface area (Å²) >= 11 is 11.0. The normalized spacial score (nSPS) is 11.7. The van der Waals surface area contributed by atoms with Crippen LogP contribution in [0.5, 0.6) is 11.5 Å². The summed E-state index contributed by atoms with van der Waals surface area (Å²) in [6, 6.07) is 8.56. The van der Waals surface area contributed by atoms with E-state index < -0.39 is 10.8 Å². The van der Waals surface area contributed by atoms with Crippen molar-refractivity contribution >= 4 is 46.2 Å². The number of ether oxygens (including phenoxy) is 2. The van der Waals surface area contributed by atoms with Gasteiger partial charge in [0.05, 0.1) is 15.6 Å². The Morgan fingerprint density at radius 2 is 1.96 bits per heavy atom. The van der Waals surface area contributed by atoms with Crippen molar-refractivity contribution in [3.8, 4) is 11.5 Å². The molecule has 2 aromatic rings. The molecule has 0 saturated carbocycles. The van der Waals surface area contributed by atoms with Crippen molar-refractivity contribution < 1.29 is 19.2 Å². The molecule has 128 valence electrons. The number of nitro groups is 1. The molecular formula is C15H10ClN3O5S. The van der Waals surface area contributed by atoms with E-state index in [2.05, 4.69) is 10.6 Å². The Morgan fingerprint density at radius 1 is 1.20 bits per heavy atom. The lowest BCUT2D eigenvalue weighted by molar-refractivity contribution is -0.384. The van der Waals surface area contributed by atoms with Crippen molar-refractivity contribution in [2.24, 2.45) is 0 Å². The molecule has 1 aliphatic rings. The molecule has 0 fully saturated rings. The molecule has 0 bridgehead atoms. The van der Waals surface area contributed by atoms with Gasteiger partial charge in [-0.2, -0.15) is 0 Å². The number of non-ortho nitro benzene ring substituents is 1. The molecule has 10 heteroatoms. The van der Waals surface area contributed by atoms with E-state index in [1.807, 2.05) is 0 Å². The highest BCUT2D eigenvalue weighted by Crippen LogP contribution is 2.32. The van der Waals surface area contributed by atoms with Crippen molar-refractivity contribution in [2.75, 3.05) is 12.1 Å². The molecule has 0 unspecified atom stereocenters. The van der Waals surface area contributed by atoms with E-state index in [0.717, 1.165) is 0 Å². The first-order chi connectivity index (χ1) is 11.9. The summed E-state index contributed by atoms with van der Waals surface area (Å²) in [5.74, 6) is 0.547. The summed E-state index contributed by atoms with van der Waals surface area (Å²) < 4.78 is 10.4. The van der Waals surface area contributed by atoms with Crippen LogP contribution < -0.4 is 20.1 Å². The number of benzene rings is 2. The van der Waals surface area contributed by atoms with Crippen LogP contribution in [0.4, 0.5) is 11.4 Å². The molecule has 0 spiro atoms. The standard InChI is InChI=1S/C15H10ClN3O5S/c16-10-3-2-9(19(21)22)6-11(10)17-15(25)18-14(20)8-1-4-12-13(5-8)24-7-23-12/h1-6H,7H2,(H2,17,18,20,25). The second-order valence-electron chi connectivity index (χ2n) is 4.90. The van der Waals surface area contributed by atoms with Crippen LogP contribution in [0.2, 0.25) is 5.02 Å². The van der Waals surface area contributed by atoms with Gasteiger partial charge >= 0.3 is 0 Å². The Morgan fingerprint density at radius 3 is 2.72 bits per heavy atom. The van der Waals surface area contributed by atoms with Gasteiger partial charge in [0, 0.05) is 17.7 Å². The topological polar surface area (TPSA) is 103 Å². The van der Waals surface area contributed by atoms with Crippen LogP contribution in [0, 0.1) is 10.1 Å². The van der Waals surface area contributed by atoms with Crippen LogP contribution in [0.25, 0.3) is 0 Å². The first-order valence-corrected chi connectivity index (χ1v) is 7.68. The van der Waals surface area contributed by atoms with E-state index in [1.54, 1.807) is 12.1 Å². The Balaban J connectivity index is 1.69. The highest BCUT2D eigenvalue weighted by Gasteiger charge is 2.17. The van der Waals surface area contributed by atoms with Crippen molar-refractivity contribution in [1.82, 2.24) is 5.32 Å². The van der Waals surface area contributed by atoms with Crippen molar-refractivity contribution in [2.45, 2.75) is 0 Å². The van der Waals surface area contributed by atoms with Crippen molar-refractivity contribution in [3.05, 3.63) is 57.1 Å². The zero-order chi connectivity index (χ0) is 18.0. The number of hydrogen-bond acceptors (Lipinski definition) is 6. The number of hydrogen-bond donors (Lipinski definition) is 2. The Labute approximate surface area is 151 Å². The molecule has 0 aromatic heterocycles. The Hall–Kier alpha value is -2.91. The maximum Gasteiger partial charge on any atom is 0.271 e. The second-order valence-corrected chi connectivity index (χ2v) is 5.71. The maximum atomic E-state index is 12.2. The van der Waals surface area contributed by atoms with Crippen LogP contribution in [-0.4, -0.2) is 22.7 Å². The number of nitrogens with one attached hydrogen (secondary N) is 2. The molecule has 1 heterocycles. The predicted octanol–water partition coefficient (Wildman–Crippen LogP) is 3.10. The number of rotatable bonds is 3. The van der Waals surface area contributed by atoms with Gasteiger partial charge in [0.15, 0.2) is 16.6 Å². The number of nitrogens with zero attached hydrogens (tertiary/aromatic N) is 1. The van der Waals surface area contributed by atoms with E-state index in [9.17, 15) is 14.9 Å². The van der Waals surface area contributed by atoms with Gasteiger partial charge in [-0.15, -0.1) is 0 Å². The zero-order valence-corrected chi connectivity index (χ0v) is 14.0. The smallest absolute Gasteiger partial charge is 0.271 e. The first kappa shape index (κ1) is 16.9. The van der Waals surface area contributed by atoms with Gasteiger partial charge < -0.3 is 14.8 Å². The first-order valence-electron chi connectivity index (χ1n) is 6.90. The molecule has 0 atom stereocenters. The van der Waals surface area contributed by atoms with Crippen LogP contribution in [-0.2, 0) is 0 Å². The average Bonchev–Trinajstić information content (AvgIpc) is 3.04. The van der Waals surface area contributed by atoms with Gasteiger partial charge in [-0.3, -0.25) is 20.2 Å². The number of fused-ring (bicyclic) bond motifs is 1. The molecule has 8 nitrogen and oxygen atoms in total. The van der Waals surface area contributed by atoms with Gasteiger partial charge in [0.2, 0.25) is 6.79 Å². The van der Waals surface area contributed by atoms with Gasteiger partial charge in [0.25, 0.3) is 11.6 Å². The number of halogens is 1. The molecule has 0 aliphatic carbocycles. The van der Waals surface area contributed by atoms with E-state index in [-0.39, 0.29) is 28.3 Å². The third-order valence-electron chi connectivity index (χ3n) is 3.27. The predicted molar refractivity (Wildman–Crippen MR) is 94.4 cm³/mol. The van der Waals surface area contributed by atoms with Gasteiger partial charge in [-0.1, -0.05) is 11.6 Å². The van der Waals surface area contributed by atoms with E-state index in [4.69, 9.17) is 33.3 Å². The number of carbonyl (C=O) groups is 1. The fraction of sp³-hybridized carbons (Fsp3) is 0.0667. The quantitative estimate of drug-likeness (QED) is 0.479.